The van der Waals surface area contributed by atoms with Gasteiger partial charge in [0.1, 0.15) is 11.1 Å². The van der Waals surface area contributed by atoms with Crippen LogP contribution in [0.4, 0.5) is 13.6 Å². The van der Waals surface area contributed by atoms with Gasteiger partial charge in [0.2, 0.25) is 0 Å². The lowest BCUT2D eigenvalue weighted by atomic mass is 9.79. The zero-order chi connectivity index (χ0) is 16.9. The van der Waals surface area contributed by atoms with Gasteiger partial charge in [0.25, 0.3) is 5.92 Å². The molecule has 0 bridgehead atoms. The number of ketones is 1. The van der Waals surface area contributed by atoms with Gasteiger partial charge in [-0.2, -0.15) is 0 Å². The van der Waals surface area contributed by atoms with E-state index in [1.54, 1.807) is 27.7 Å². The van der Waals surface area contributed by atoms with Crippen LogP contribution in [0, 0.1) is 17.8 Å². The van der Waals surface area contributed by atoms with Crippen molar-refractivity contribution in [2.75, 3.05) is 4.43 Å². The van der Waals surface area contributed by atoms with Crippen LogP contribution in [-0.2, 0) is 9.53 Å². The van der Waals surface area contributed by atoms with Gasteiger partial charge in [-0.25, -0.2) is 13.6 Å². The molecule has 0 aliphatic heterocycles. The Morgan fingerprint density at radius 3 is 2.14 bits per heavy atom. The van der Waals surface area contributed by atoms with Crippen LogP contribution < -0.4 is 5.32 Å². The van der Waals surface area contributed by atoms with Crippen LogP contribution in [0.25, 0.3) is 0 Å². The number of rotatable bonds is 4. The van der Waals surface area contributed by atoms with Gasteiger partial charge in [-0.1, -0.05) is 22.6 Å². The molecule has 4 nitrogen and oxygen atoms in total. The third-order valence-corrected chi connectivity index (χ3v) is 5.41. The maximum Gasteiger partial charge on any atom is 0.408 e. The van der Waals surface area contributed by atoms with Crippen LogP contribution in [0.1, 0.15) is 40.5 Å². The highest BCUT2D eigenvalue weighted by Gasteiger charge is 2.73. The molecule has 2 aliphatic carbocycles. The minimum atomic E-state index is -2.59. The fourth-order valence-corrected chi connectivity index (χ4v) is 4.13. The predicted octanol–water partition coefficient (Wildman–Crippen LogP) is 3.57. The highest BCUT2D eigenvalue weighted by molar-refractivity contribution is 14.1. The average molecular weight is 429 g/mol. The second-order valence-corrected chi connectivity index (χ2v) is 8.20. The number of carbonyl (C=O) groups is 2. The quantitative estimate of drug-likeness (QED) is 0.550. The van der Waals surface area contributed by atoms with Crippen molar-refractivity contribution in [1.29, 1.82) is 0 Å². The molecule has 2 aliphatic rings. The number of carbonyl (C=O) groups excluding carboxylic acids is 2. The first-order chi connectivity index (χ1) is 9.91. The smallest absolute Gasteiger partial charge is 0.408 e. The largest absolute Gasteiger partial charge is 0.444 e. The number of Topliss-reactive ketones (excluding diaryl/α,β-unsaturated/α-hetero) is 1. The van der Waals surface area contributed by atoms with Crippen LogP contribution in [-0.4, -0.2) is 33.4 Å². The molecule has 2 fully saturated rings. The van der Waals surface area contributed by atoms with E-state index >= 15 is 0 Å². The fraction of sp³-hybridized carbons (Fsp3) is 0.867. The molecule has 4 atom stereocenters. The molecule has 0 unspecified atom stereocenters. The summed E-state index contributed by atoms with van der Waals surface area (Å²) in [5.74, 6) is -4.29. The molecule has 0 aromatic heterocycles. The van der Waals surface area contributed by atoms with Crippen LogP contribution in [0.3, 0.4) is 0 Å². The Morgan fingerprint density at radius 1 is 1.23 bits per heavy atom. The van der Waals surface area contributed by atoms with E-state index < -0.39 is 35.0 Å². The Morgan fingerprint density at radius 2 is 1.73 bits per heavy atom. The Hall–Kier alpha value is -0.470. The zero-order valence-electron chi connectivity index (χ0n) is 13.2. The van der Waals surface area contributed by atoms with Crippen LogP contribution in [0.15, 0.2) is 0 Å². The number of hydrogen-bond donors (Lipinski definition) is 1. The molecule has 0 aromatic carbocycles. The number of nitrogens with one attached hydrogen (secondary N) is 1. The summed E-state index contributed by atoms with van der Waals surface area (Å²) in [4.78, 5) is 24.4. The molecule has 2 rings (SSSR count). The lowest BCUT2D eigenvalue weighted by molar-refractivity contribution is -0.124. The van der Waals surface area contributed by atoms with E-state index in [0.29, 0.717) is 0 Å². The summed E-state index contributed by atoms with van der Waals surface area (Å²) in [6, 6.07) is 0. The Bertz CT molecular complexity index is 478. The molecule has 1 N–H and O–H groups in total. The van der Waals surface area contributed by atoms with Crippen LogP contribution >= 0.6 is 22.6 Å². The maximum atomic E-state index is 13.4. The van der Waals surface area contributed by atoms with Gasteiger partial charge < -0.3 is 10.1 Å². The number of ether oxygens (including phenoxy) is 1. The number of halogens is 3. The van der Waals surface area contributed by atoms with E-state index in [4.69, 9.17) is 4.74 Å². The van der Waals surface area contributed by atoms with E-state index in [2.05, 4.69) is 5.32 Å². The number of alkyl halides is 3. The average Bonchev–Trinajstić information content (AvgIpc) is 2.78. The second kappa shape index (κ2) is 5.56. The lowest BCUT2D eigenvalue weighted by Gasteiger charge is -2.36. The molecular formula is C15H22F2INO3. The molecular weight excluding hydrogens is 407 g/mol. The SMILES string of the molecule is CC(C)(C)OC(=O)N[C@@](C)(C(=O)CI)[C@@H]1C[C@@H]2[C@H](C1)C2(F)F. The Labute approximate surface area is 142 Å². The van der Waals surface area contributed by atoms with Gasteiger partial charge in [-0.05, 0) is 46.5 Å². The number of hydrogen-bond acceptors (Lipinski definition) is 3. The van der Waals surface area contributed by atoms with Crippen molar-refractivity contribution >= 4 is 34.5 Å². The molecule has 126 valence electrons. The Balaban J connectivity index is 2.09. The van der Waals surface area contributed by atoms with Crippen LogP contribution in [0.5, 0.6) is 0 Å². The minimum absolute atomic E-state index is 0.159. The van der Waals surface area contributed by atoms with Crippen molar-refractivity contribution in [1.82, 2.24) is 5.32 Å². The Kier molecular flexibility index (Phi) is 4.52. The number of fused-ring (bicyclic) bond motifs is 1. The summed E-state index contributed by atoms with van der Waals surface area (Å²) in [5.41, 5.74) is -1.82. The summed E-state index contributed by atoms with van der Waals surface area (Å²) >= 11 is 1.93. The third-order valence-electron chi connectivity index (χ3n) is 4.72. The molecule has 1 amide bonds. The first-order valence-electron chi connectivity index (χ1n) is 7.40. The normalized spacial score (nSPS) is 31.9. The van der Waals surface area contributed by atoms with E-state index in [1.807, 2.05) is 22.6 Å². The summed E-state index contributed by atoms with van der Waals surface area (Å²) in [6.45, 7) is 6.83. The molecule has 0 heterocycles. The molecule has 0 radical (unpaired) electrons. The molecule has 0 spiro atoms. The van der Waals surface area contributed by atoms with Gasteiger partial charge in [-0.15, -0.1) is 0 Å². The van der Waals surface area contributed by atoms with Crippen molar-refractivity contribution in [3.63, 3.8) is 0 Å². The van der Waals surface area contributed by atoms with Gasteiger partial charge >= 0.3 is 6.09 Å². The monoisotopic (exact) mass is 429 g/mol. The number of amides is 1. The van der Waals surface area contributed by atoms with Crippen molar-refractivity contribution in [3.05, 3.63) is 0 Å². The van der Waals surface area contributed by atoms with Gasteiger partial charge in [-0.3, -0.25) is 4.79 Å². The third kappa shape index (κ3) is 3.23. The highest BCUT2D eigenvalue weighted by atomic mass is 127. The molecule has 0 saturated heterocycles. The van der Waals surface area contributed by atoms with E-state index in [0.717, 1.165) is 0 Å². The molecule has 0 aromatic rings. The number of alkyl carbamates (subject to hydrolysis) is 1. The minimum Gasteiger partial charge on any atom is -0.444 e. The lowest BCUT2D eigenvalue weighted by Crippen LogP contribution is -2.58. The zero-order valence-corrected chi connectivity index (χ0v) is 15.4. The van der Waals surface area contributed by atoms with Crippen molar-refractivity contribution in [2.24, 2.45) is 17.8 Å². The van der Waals surface area contributed by atoms with E-state index in [1.165, 1.54) is 0 Å². The standard InChI is InChI=1S/C15H22F2INO3/c1-13(2,3)22-12(21)19-14(4,11(20)7-18)8-5-9-10(6-8)15(9,16)17/h8-10H,5-7H2,1-4H3,(H,19,21)/t8-,9-,10+,14-/m1/s1. The van der Waals surface area contributed by atoms with E-state index in [9.17, 15) is 18.4 Å². The first-order valence-corrected chi connectivity index (χ1v) is 8.92. The molecule has 22 heavy (non-hydrogen) atoms. The first kappa shape index (κ1) is 17.9. The second-order valence-electron chi connectivity index (χ2n) is 7.44. The molecule has 2 saturated carbocycles. The summed E-state index contributed by atoms with van der Waals surface area (Å²) < 4.78 is 32.2. The van der Waals surface area contributed by atoms with Crippen molar-refractivity contribution < 1.29 is 23.1 Å². The predicted molar refractivity (Wildman–Crippen MR) is 86.3 cm³/mol. The van der Waals surface area contributed by atoms with Gasteiger partial charge in [0.15, 0.2) is 5.78 Å². The summed E-state index contributed by atoms with van der Waals surface area (Å²) in [7, 11) is 0. The van der Waals surface area contributed by atoms with Crippen molar-refractivity contribution in [3.8, 4) is 0 Å². The topological polar surface area (TPSA) is 55.4 Å². The van der Waals surface area contributed by atoms with Gasteiger partial charge in [0.05, 0.1) is 4.43 Å². The fourth-order valence-electron chi connectivity index (χ4n) is 3.34. The molecule has 7 heteroatoms. The van der Waals surface area contributed by atoms with Crippen molar-refractivity contribution in [2.45, 2.75) is 57.6 Å². The highest BCUT2D eigenvalue weighted by Crippen LogP contribution is 2.67. The van der Waals surface area contributed by atoms with Gasteiger partial charge in [0, 0.05) is 11.8 Å². The maximum absolute atomic E-state index is 13.4. The summed E-state index contributed by atoms with van der Waals surface area (Å²) in [5, 5.41) is 2.65. The summed E-state index contributed by atoms with van der Waals surface area (Å²) in [6.07, 6.45) is -0.140. The van der Waals surface area contributed by atoms with Crippen LogP contribution in [0.2, 0.25) is 0 Å². The van der Waals surface area contributed by atoms with E-state index in [-0.39, 0.29) is 29.0 Å².